The number of ketones is 1. The summed E-state index contributed by atoms with van der Waals surface area (Å²) >= 11 is 0. The Bertz CT molecular complexity index is 716. The van der Waals surface area contributed by atoms with E-state index in [0.717, 1.165) is 9.13 Å². The lowest BCUT2D eigenvalue weighted by Gasteiger charge is -2.16. The van der Waals surface area contributed by atoms with Crippen LogP contribution in [0.15, 0.2) is 9.59 Å². The molecule has 0 aliphatic heterocycles. The van der Waals surface area contributed by atoms with Crippen LogP contribution in [0.3, 0.4) is 0 Å². The van der Waals surface area contributed by atoms with E-state index in [2.05, 4.69) is 4.74 Å². The summed E-state index contributed by atoms with van der Waals surface area (Å²) in [6.07, 6.45) is 0. The second-order valence-corrected chi connectivity index (χ2v) is 5.43. The molecule has 23 heavy (non-hydrogen) atoms. The lowest BCUT2D eigenvalue weighted by Crippen LogP contribution is -2.43. The maximum Gasteiger partial charge on any atom is 0.332 e. The van der Waals surface area contributed by atoms with Gasteiger partial charge in [-0.3, -0.25) is 18.7 Å². The molecule has 128 valence electrons. The average molecular weight is 327 g/mol. The average Bonchev–Trinajstić information content (AvgIpc) is 2.47. The van der Waals surface area contributed by atoms with Gasteiger partial charge in [0.15, 0.2) is 6.61 Å². The summed E-state index contributed by atoms with van der Waals surface area (Å²) in [6, 6.07) is 0. The van der Waals surface area contributed by atoms with Gasteiger partial charge >= 0.3 is 11.7 Å². The fourth-order valence-electron chi connectivity index (χ4n) is 1.96. The normalized spacial score (nSPS) is 10.8. The highest BCUT2D eigenvalue weighted by molar-refractivity contribution is 6.01. The van der Waals surface area contributed by atoms with Gasteiger partial charge in [0.05, 0.1) is 0 Å². The van der Waals surface area contributed by atoms with E-state index >= 15 is 0 Å². The van der Waals surface area contributed by atoms with E-state index in [1.165, 1.54) is 14.2 Å². The number of anilines is 1. The molecule has 0 saturated heterocycles. The minimum absolute atomic E-state index is 0.0787. The Morgan fingerprint density at radius 2 is 1.83 bits per heavy atom. The zero-order chi connectivity index (χ0) is 17.7. The van der Waals surface area contributed by atoms with Crippen molar-refractivity contribution in [3.8, 4) is 0 Å². The summed E-state index contributed by atoms with van der Waals surface area (Å²) < 4.78 is 11.2. The van der Waals surface area contributed by atoms with Crippen LogP contribution < -0.4 is 17.0 Å². The quantitative estimate of drug-likeness (QED) is 0.511. The molecule has 0 unspecified atom stereocenters. The number of nitrogens with zero attached hydrogens (tertiary/aromatic N) is 2. The molecule has 1 aromatic rings. The molecule has 0 amide bonds. The Kier molecular flexibility index (Phi) is 6.26. The molecular weight excluding hydrogens is 306 g/mol. The van der Waals surface area contributed by atoms with Crippen LogP contribution in [-0.4, -0.2) is 41.2 Å². The number of carbonyl (C=O) groups excluding carboxylic acids is 2. The number of hydrogen-bond donors (Lipinski definition) is 1. The maximum atomic E-state index is 12.2. The molecule has 0 spiro atoms. The first-order valence-electron chi connectivity index (χ1n) is 6.97. The summed E-state index contributed by atoms with van der Waals surface area (Å²) in [6.45, 7) is 3.02. The van der Waals surface area contributed by atoms with Gasteiger partial charge in [0.25, 0.3) is 5.56 Å². The molecule has 0 aliphatic rings. The monoisotopic (exact) mass is 327 g/mol. The second kappa shape index (κ2) is 7.73. The summed E-state index contributed by atoms with van der Waals surface area (Å²) in [5.74, 6) is -1.66. The molecule has 0 aliphatic carbocycles. The zero-order valence-corrected chi connectivity index (χ0v) is 13.6. The highest BCUT2D eigenvalue weighted by atomic mass is 16.6. The van der Waals surface area contributed by atoms with Crippen molar-refractivity contribution in [1.29, 1.82) is 0 Å². The molecule has 2 N–H and O–H groups in total. The number of ether oxygens (including phenoxy) is 2. The summed E-state index contributed by atoms with van der Waals surface area (Å²) in [5.41, 5.74) is 4.05. The lowest BCUT2D eigenvalue weighted by molar-refractivity contribution is -0.146. The number of carbonyl (C=O) groups is 2. The van der Waals surface area contributed by atoms with Crippen LogP contribution in [0.5, 0.6) is 0 Å². The molecular formula is C14H21N3O6. The van der Waals surface area contributed by atoms with Gasteiger partial charge in [-0.05, 0) is 5.92 Å². The van der Waals surface area contributed by atoms with Gasteiger partial charge in [-0.25, -0.2) is 9.59 Å². The number of methoxy groups -OCH3 is 1. The lowest BCUT2D eigenvalue weighted by atomic mass is 10.1. The number of Topliss-reactive ketones (excluding diaryl/α,β-unsaturated/α-hetero) is 1. The Hall–Kier alpha value is -2.42. The molecule has 1 heterocycles. The SMILES string of the molecule is COCC(=O)OCC(=O)c1c(N)n(CC(C)C)c(=O)n(C)c1=O. The summed E-state index contributed by atoms with van der Waals surface area (Å²) in [4.78, 5) is 47.6. The van der Waals surface area contributed by atoms with Gasteiger partial charge in [-0.15, -0.1) is 0 Å². The van der Waals surface area contributed by atoms with E-state index in [1.807, 2.05) is 13.8 Å². The van der Waals surface area contributed by atoms with Crippen molar-refractivity contribution < 1.29 is 19.1 Å². The van der Waals surface area contributed by atoms with E-state index in [-0.39, 0.29) is 30.5 Å². The molecule has 1 rings (SSSR count). The van der Waals surface area contributed by atoms with Crippen LogP contribution >= 0.6 is 0 Å². The van der Waals surface area contributed by atoms with Gasteiger partial charge < -0.3 is 15.2 Å². The Labute approximate surface area is 132 Å². The van der Waals surface area contributed by atoms with Crippen molar-refractivity contribution in [3.05, 3.63) is 26.4 Å². The van der Waals surface area contributed by atoms with Crippen molar-refractivity contribution in [3.63, 3.8) is 0 Å². The van der Waals surface area contributed by atoms with Crippen molar-refractivity contribution in [2.75, 3.05) is 26.1 Å². The van der Waals surface area contributed by atoms with Gasteiger partial charge in [-0.1, -0.05) is 13.8 Å². The fourth-order valence-corrected chi connectivity index (χ4v) is 1.96. The van der Waals surface area contributed by atoms with Crippen molar-refractivity contribution in [2.24, 2.45) is 13.0 Å². The standard InChI is InChI=1S/C14H21N3O6/c1-8(2)5-17-12(15)11(13(20)16(3)14(17)21)9(18)6-23-10(19)7-22-4/h8H,5-7,15H2,1-4H3. The molecule has 0 bridgehead atoms. The van der Waals surface area contributed by atoms with E-state index in [4.69, 9.17) is 10.5 Å². The minimum Gasteiger partial charge on any atom is -0.456 e. The van der Waals surface area contributed by atoms with Crippen LogP contribution in [0.4, 0.5) is 5.82 Å². The molecule has 0 atom stereocenters. The van der Waals surface area contributed by atoms with Crippen LogP contribution in [0.1, 0.15) is 24.2 Å². The third-order valence-corrected chi connectivity index (χ3v) is 3.04. The Morgan fingerprint density at radius 3 is 2.35 bits per heavy atom. The van der Waals surface area contributed by atoms with Crippen LogP contribution in [-0.2, 0) is 27.9 Å². The number of aromatic nitrogens is 2. The number of hydrogen-bond acceptors (Lipinski definition) is 7. The largest absolute Gasteiger partial charge is 0.456 e. The van der Waals surface area contributed by atoms with E-state index in [0.29, 0.717) is 0 Å². The minimum atomic E-state index is -0.819. The fraction of sp³-hybridized carbons (Fsp3) is 0.571. The highest BCUT2D eigenvalue weighted by Crippen LogP contribution is 2.08. The van der Waals surface area contributed by atoms with Crippen molar-refractivity contribution in [2.45, 2.75) is 20.4 Å². The Morgan fingerprint density at radius 1 is 1.22 bits per heavy atom. The summed E-state index contributed by atoms with van der Waals surface area (Å²) in [7, 11) is 2.56. The van der Waals surface area contributed by atoms with Crippen LogP contribution in [0.2, 0.25) is 0 Å². The molecule has 0 saturated carbocycles. The Balaban J connectivity index is 3.23. The van der Waals surface area contributed by atoms with Gasteiger partial charge in [0.2, 0.25) is 5.78 Å². The molecule has 0 radical (unpaired) electrons. The molecule has 1 aromatic heterocycles. The number of esters is 1. The number of nitrogen functional groups attached to an aromatic ring is 1. The third kappa shape index (κ3) is 4.28. The van der Waals surface area contributed by atoms with Crippen LogP contribution in [0.25, 0.3) is 0 Å². The second-order valence-electron chi connectivity index (χ2n) is 5.43. The predicted molar refractivity (Wildman–Crippen MR) is 82.4 cm³/mol. The highest BCUT2D eigenvalue weighted by Gasteiger charge is 2.22. The van der Waals surface area contributed by atoms with Crippen LogP contribution in [0, 0.1) is 5.92 Å². The topological polar surface area (TPSA) is 123 Å². The summed E-state index contributed by atoms with van der Waals surface area (Å²) in [5, 5.41) is 0. The third-order valence-electron chi connectivity index (χ3n) is 3.04. The molecule has 9 heteroatoms. The van der Waals surface area contributed by atoms with E-state index < -0.39 is 29.6 Å². The van der Waals surface area contributed by atoms with E-state index in [1.54, 1.807) is 0 Å². The van der Waals surface area contributed by atoms with Crippen molar-refractivity contribution >= 4 is 17.6 Å². The van der Waals surface area contributed by atoms with Gasteiger partial charge in [0, 0.05) is 20.7 Å². The van der Waals surface area contributed by atoms with E-state index in [9.17, 15) is 19.2 Å². The van der Waals surface area contributed by atoms with Crippen molar-refractivity contribution in [1.82, 2.24) is 9.13 Å². The molecule has 0 fully saturated rings. The number of nitrogens with two attached hydrogens (primary N) is 1. The maximum absolute atomic E-state index is 12.2. The zero-order valence-electron chi connectivity index (χ0n) is 13.6. The first-order valence-corrected chi connectivity index (χ1v) is 6.97. The van der Waals surface area contributed by atoms with Gasteiger partial charge in [-0.2, -0.15) is 0 Å². The molecule has 9 nitrogen and oxygen atoms in total. The predicted octanol–water partition coefficient (Wildman–Crippen LogP) is -0.842. The smallest absolute Gasteiger partial charge is 0.332 e. The number of rotatable bonds is 7. The van der Waals surface area contributed by atoms with Gasteiger partial charge in [0.1, 0.15) is 18.0 Å². The first kappa shape index (κ1) is 18.6. The first-order chi connectivity index (χ1) is 10.7. The molecule has 0 aromatic carbocycles.